The van der Waals surface area contributed by atoms with Crippen molar-refractivity contribution < 1.29 is 56.5 Å². The third-order valence-electron chi connectivity index (χ3n) is 6.88. The van der Waals surface area contributed by atoms with Gasteiger partial charge in [0.05, 0.1) is 18.8 Å². The number of aliphatic carboxylic acids is 1. The molecule has 0 unspecified atom stereocenters. The number of halogens is 4. The molecule has 1 aromatic heterocycles. The lowest BCUT2D eigenvalue weighted by Gasteiger charge is -2.42. The largest absolute Gasteiger partial charge is 0.481 e. The number of carbonyl (C=O) groups is 6. The zero-order valence-electron chi connectivity index (χ0n) is 30.8. The molecule has 15 nitrogen and oxygen atoms in total. The Morgan fingerprint density at radius 1 is 1.06 bits per heavy atom. The van der Waals surface area contributed by atoms with Gasteiger partial charge < -0.3 is 25.2 Å². The Hall–Kier alpha value is -4.87. The van der Waals surface area contributed by atoms with Crippen molar-refractivity contribution in [3.05, 3.63) is 41.0 Å². The van der Waals surface area contributed by atoms with Gasteiger partial charge in [0.1, 0.15) is 12.1 Å². The lowest BCUT2D eigenvalue weighted by molar-refractivity contribution is -0.176. The van der Waals surface area contributed by atoms with Gasteiger partial charge in [-0.3, -0.25) is 29.0 Å². The second-order valence-corrected chi connectivity index (χ2v) is 11.8. The third-order valence-corrected chi connectivity index (χ3v) is 7.14. The van der Waals surface area contributed by atoms with Gasteiger partial charge in [-0.15, -0.1) is 0 Å². The number of aromatic nitrogens is 2. The summed E-state index contributed by atoms with van der Waals surface area (Å²) in [4.78, 5) is 73.3. The van der Waals surface area contributed by atoms with Gasteiger partial charge >= 0.3 is 12.3 Å². The molecule has 2 aliphatic rings. The van der Waals surface area contributed by atoms with Gasteiger partial charge in [0, 0.05) is 31.0 Å². The van der Waals surface area contributed by atoms with Crippen LogP contribution in [0.2, 0.25) is 5.02 Å². The molecule has 2 atom stereocenters. The zero-order chi connectivity index (χ0) is 40.5. The quantitative estimate of drug-likeness (QED) is 0.295. The number of ketones is 1. The van der Waals surface area contributed by atoms with Crippen LogP contribution in [0.15, 0.2) is 30.3 Å². The summed E-state index contributed by atoms with van der Waals surface area (Å²) in [5, 5.41) is 18.4. The summed E-state index contributed by atoms with van der Waals surface area (Å²) in [6.45, 7) is 11.8. The van der Waals surface area contributed by atoms with E-state index in [4.69, 9.17) is 31.0 Å². The number of benzene rings is 1. The van der Waals surface area contributed by atoms with Gasteiger partial charge in [-0.05, 0) is 49.4 Å². The fourth-order valence-electron chi connectivity index (χ4n) is 4.71. The maximum Gasteiger partial charge on any atom is 0.435 e. The fraction of sp³-hybridized carbons (Fsp3) is 0.559. The molecule has 1 aromatic carbocycles. The molecular weight excluding hydrogens is 729 g/mol. The smallest absolute Gasteiger partial charge is 0.435 e. The van der Waals surface area contributed by atoms with Crippen molar-refractivity contribution in [2.75, 3.05) is 26.3 Å². The van der Waals surface area contributed by atoms with E-state index in [-0.39, 0.29) is 49.9 Å². The highest BCUT2D eigenvalue weighted by Crippen LogP contribution is 2.32. The number of Topliss-reactive ketones (excluding diaryl/α,β-unsaturated/α-hetero) is 1. The molecule has 2 aliphatic heterocycles. The van der Waals surface area contributed by atoms with Crippen molar-refractivity contribution in [2.24, 2.45) is 5.92 Å². The highest BCUT2D eigenvalue weighted by atomic mass is 35.5. The highest BCUT2D eigenvalue weighted by molar-refractivity contribution is 6.30. The molecule has 2 fully saturated rings. The topological polar surface area (TPSA) is 189 Å². The van der Waals surface area contributed by atoms with Crippen molar-refractivity contribution in [3.8, 4) is 11.6 Å². The number of nitrogens with one attached hydrogen (secondary N) is 2. The summed E-state index contributed by atoms with van der Waals surface area (Å²) < 4.78 is 51.4. The monoisotopic (exact) mass is 776 g/mol. The average molecular weight is 777 g/mol. The second kappa shape index (κ2) is 22.3. The molecule has 53 heavy (non-hydrogen) atoms. The molecule has 0 saturated carbocycles. The van der Waals surface area contributed by atoms with Crippen LogP contribution in [0.5, 0.6) is 5.88 Å². The Kier molecular flexibility index (Phi) is 19.4. The van der Waals surface area contributed by atoms with Crippen molar-refractivity contribution in [3.63, 3.8) is 0 Å². The van der Waals surface area contributed by atoms with Crippen molar-refractivity contribution in [2.45, 2.75) is 92.4 Å². The number of hydrogen-bond acceptors (Lipinski definition) is 9. The number of carboxylic acids is 1. The maximum atomic E-state index is 13.5. The molecule has 4 rings (SSSR count). The first-order valence-corrected chi connectivity index (χ1v) is 17.5. The van der Waals surface area contributed by atoms with E-state index in [2.05, 4.69) is 15.7 Å². The first kappa shape index (κ1) is 46.2. The van der Waals surface area contributed by atoms with Crippen molar-refractivity contribution in [1.82, 2.24) is 30.4 Å². The van der Waals surface area contributed by atoms with E-state index in [1.165, 1.54) is 29.3 Å². The van der Waals surface area contributed by atoms with Gasteiger partial charge in [0.2, 0.25) is 17.7 Å². The van der Waals surface area contributed by atoms with Gasteiger partial charge in [-0.1, -0.05) is 53.1 Å². The van der Waals surface area contributed by atoms with Crippen LogP contribution in [0, 0.1) is 5.92 Å². The van der Waals surface area contributed by atoms with Crippen LogP contribution in [-0.4, -0.2) is 98.9 Å². The first-order valence-electron chi connectivity index (χ1n) is 17.1. The first-order chi connectivity index (χ1) is 25.0. The number of hydrogen-bond donors (Lipinski definition) is 3. The normalized spacial score (nSPS) is 16.6. The van der Waals surface area contributed by atoms with Crippen LogP contribution >= 0.6 is 11.6 Å². The van der Waals surface area contributed by atoms with Crippen molar-refractivity contribution >= 4 is 47.2 Å². The highest BCUT2D eigenvalue weighted by Gasteiger charge is 2.44. The van der Waals surface area contributed by atoms with Crippen LogP contribution in [0.3, 0.4) is 0 Å². The van der Waals surface area contributed by atoms with E-state index in [1.807, 2.05) is 41.5 Å². The Labute approximate surface area is 311 Å². The summed E-state index contributed by atoms with van der Waals surface area (Å²) in [6.07, 6.45) is -5.08. The number of fused-ring (bicyclic) bond motifs is 1. The zero-order valence-corrected chi connectivity index (χ0v) is 31.5. The van der Waals surface area contributed by atoms with E-state index < -0.39 is 72.7 Å². The number of nitrogens with zero attached hydrogens (tertiary/aromatic N) is 4. The Morgan fingerprint density at radius 2 is 1.66 bits per heavy atom. The third kappa shape index (κ3) is 14.6. The predicted molar refractivity (Wildman–Crippen MR) is 187 cm³/mol. The molecule has 2 aromatic rings. The molecule has 296 valence electrons. The molecule has 3 heterocycles. The SMILES string of the molecule is CC.CC.CC(=O)O.CC(C)COC(=O)N[C@H]1CCC(=O)N2CCC[C@@H](C(=O)NCC(=O)COc3cc(C(F)(F)F)nn3-c3ccc(Cl)cc3)N2C1=O. The van der Waals surface area contributed by atoms with E-state index in [9.17, 15) is 37.1 Å². The second-order valence-electron chi connectivity index (χ2n) is 11.4. The van der Waals surface area contributed by atoms with E-state index in [0.29, 0.717) is 17.5 Å². The molecular formula is C34H48ClF3N6O9. The van der Waals surface area contributed by atoms with Gasteiger partial charge in [-0.2, -0.15) is 18.3 Å². The van der Waals surface area contributed by atoms with Crippen LogP contribution in [0.25, 0.3) is 5.69 Å². The molecule has 2 saturated heterocycles. The minimum Gasteiger partial charge on any atom is -0.481 e. The number of alkyl carbamates (subject to hydrolysis) is 1. The number of rotatable bonds is 10. The number of alkyl halides is 3. The predicted octanol–water partition coefficient (Wildman–Crippen LogP) is 5.03. The molecule has 3 N–H and O–H groups in total. The Balaban J connectivity index is 0.00000162. The number of ether oxygens (including phenoxy) is 2. The van der Waals surface area contributed by atoms with E-state index in [0.717, 1.165) is 16.6 Å². The Morgan fingerprint density at radius 3 is 2.23 bits per heavy atom. The van der Waals surface area contributed by atoms with Crippen molar-refractivity contribution in [1.29, 1.82) is 0 Å². The van der Waals surface area contributed by atoms with Crippen LogP contribution in [0.1, 0.15) is 79.8 Å². The summed E-state index contributed by atoms with van der Waals surface area (Å²) in [7, 11) is 0. The summed E-state index contributed by atoms with van der Waals surface area (Å²) in [5.41, 5.74) is -1.04. The number of amides is 4. The molecule has 19 heteroatoms. The Bertz CT molecular complexity index is 1530. The fourth-order valence-corrected chi connectivity index (χ4v) is 4.84. The van der Waals surface area contributed by atoms with E-state index >= 15 is 0 Å². The number of hydrazine groups is 1. The average Bonchev–Trinajstić information content (AvgIpc) is 3.52. The lowest BCUT2D eigenvalue weighted by atomic mass is 10.1. The summed E-state index contributed by atoms with van der Waals surface area (Å²) in [6, 6.07) is 4.10. The maximum absolute atomic E-state index is 13.5. The molecule has 0 radical (unpaired) electrons. The minimum absolute atomic E-state index is 0.00820. The molecule has 0 aliphatic carbocycles. The number of carboxylic acid groups (broad SMARTS) is 1. The minimum atomic E-state index is -4.78. The van der Waals surface area contributed by atoms with Gasteiger partial charge in [0.15, 0.2) is 18.1 Å². The molecule has 0 spiro atoms. The summed E-state index contributed by atoms with van der Waals surface area (Å²) >= 11 is 5.86. The number of carbonyl (C=O) groups excluding carboxylic acids is 5. The summed E-state index contributed by atoms with van der Waals surface area (Å²) in [5.74, 6) is -3.65. The van der Waals surface area contributed by atoms with Crippen LogP contribution in [-0.2, 0) is 34.9 Å². The molecule has 4 amide bonds. The standard InChI is InChI=1S/C28H32ClF3N6O7.C2H4O2.2C2H6/c1-16(2)14-45-27(43)34-20-9-10-23(40)36-11-3-4-21(38(36)26(20)42)25(41)33-13-19(39)15-44-24-12-22(28(30,31)32)35-37(24)18-7-5-17(29)6-8-18;1-2(3)4;2*1-2/h5-8,12,16,20-21H,3-4,9-11,13-15H2,1-2H3,(H,33,41)(H,34,43);1H3,(H,3,4);2*1-2H3/t20-,21-;;;/m0.../s1. The van der Waals surface area contributed by atoms with Gasteiger partial charge in [-0.25, -0.2) is 14.5 Å². The van der Waals surface area contributed by atoms with Crippen LogP contribution < -0.4 is 15.4 Å². The van der Waals surface area contributed by atoms with Crippen LogP contribution in [0.4, 0.5) is 18.0 Å². The van der Waals surface area contributed by atoms with E-state index in [1.54, 1.807) is 0 Å². The molecule has 0 bridgehead atoms. The lowest BCUT2D eigenvalue weighted by Crippen LogP contribution is -2.64. The van der Waals surface area contributed by atoms with Gasteiger partial charge in [0.25, 0.3) is 11.9 Å².